The summed E-state index contributed by atoms with van der Waals surface area (Å²) in [7, 11) is 0. The molecule has 0 amide bonds. The van der Waals surface area contributed by atoms with E-state index in [9.17, 15) is 0 Å². The van der Waals surface area contributed by atoms with Crippen molar-refractivity contribution in [3.63, 3.8) is 0 Å². The molecule has 2 aromatic carbocycles. The lowest BCUT2D eigenvalue weighted by Gasteiger charge is -2.30. The van der Waals surface area contributed by atoms with Gasteiger partial charge in [-0.25, -0.2) is 0 Å². The van der Waals surface area contributed by atoms with Crippen molar-refractivity contribution >= 4 is 12.2 Å². The topological polar surface area (TPSA) is 9.23 Å². The van der Waals surface area contributed by atoms with Crippen LogP contribution in [-0.4, -0.2) is 5.60 Å². The van der Waals surface area contributed by atoms with Crippen LogP contribution in [0.25, 0.3) is 12.2 Å². The first-order chi connectivity index (χ1) is 10.0. The summed E-state index contributed by atoms with van der Waals surface area (Å²) in [4.78, 5) is 0. The highest BCUT2D eigenvalue weighted by molar-refractivity contribution is 5.73. The Morgan fingerprint density at radius 2 is 1.48 bits per heavy atom. The van der Waals surface area contributed by atoms with E-state index in [-0.39, 0.29) is 11.7 Å². The fourth-order valence-electron chi connectivity index (χ4n) is 2.86. The lowest BCUT2D eigenvalue weighted by atomic mass is 9.90. The van der Waals surface area contributed by atoms with Crippen molar-refractivity contribution in [3.05, 3.63) is 70.8 Å². The van der Waals surface area contributed by atoms with Gasteiger partial charge in [-0.1, -0.05) is 60.7 Å². The van der Waals surface area contributed by atoms with Crippen LogP contribution >= 0.6 is 0 Å². The minimum absolute atomic E-state index is 0.0901. The molecule has 0 saturated carbocycles. The van der Waals surface area contributed by atoms with Gasteiger partial charge in [0, 0.05) is 6.42 Å². The zero-order valence-electron chi connectivity index (χ0n) is 13.0. The summed E-state index contributed by atoms with van der Waals surface area (Å²) < 4.78 is 6.36. The molecule has 1 heteroatoms. The minimum atomic E-state index is -0.157. The fourth-order valence-corrected chi connectivity index (χ4v) is 2.86. The lowest BCUT2D eigenvalue weighted by Crippen LogP contribution is -2.24. The van der Waals surface area contributed by atoms with Gasteiger partial charge in [-0.05, 0) is 43.0 Å². The van der Waals surface area contributed by atoms with Crippen LogP contribution in [0.3, 0.4) is 0 Å². The maximum Gasteiger partial charge on any atom is 0.0878 e. The Labute approximate surface area is 127 Å². The molecular weight excluding hydrogens is 256 g/mol. The highest BCUT2D eigenvalue weighted by Crippen LogP contribution is 2.33. The average molecular weight is 278 g/mol. The monoisotopic (exact) mass is 278 g/mol. The Morgan fingerprint density at radius 3 is 2.24 bits per heavy atom. The van der Waals surface area contributed by atoms with Crippen LogP contribution in [0, 0.1) is 0 Å². The van der Waals surface area contributed by atoms with Gasteiger partial charge < -0.3 is 4.74 Å². The first-order valence-electron chi connectivity index (χ1n) is 7.56. The second kappa shape index (κ2) is 5.50. The largest absolute Gasteiger partial charge is 0.368 e. The molecule has 2 aromatic rings. The molecule has 1 atom stereocenters. The van der Waals surface area contributed by atoms with Crippen LogP contribution in [0.4, 0.5) is 0 Å². The molecule has 0 bridgehead atoms. The van der Waals surface area contributed by atoms with E-state index in [2.05, 4.69) is 81.5 Å². The van der Waals surface area contributed by atoms with Gasteiger partial charge in [0.05, 0.1) is 11.7 Å². The van der Waals surface area contributed by atoms with Gasteiger partial charge in [-0.15, -0.1) is 0 Å². The SMILES string of the molecule is CC(C)(C)OC1Cc2ccccc2/C=C\c2ccccc21. The third-order valence-electron chi connectivity index (χ3n) is 3.74. The zero-order valence-corrected chi connectivity index (χ0v) is 13.0. The van der Waals surface area contributed by atoms with Gasteiger partial charge in [0.2, 0.25) is 0 Å². The highest BCUT2D eigenvalue weighted by atomic mass is 16.5. The molecule has 0 N–H and O–H groups in total. The van der Waals surface area contributed by atoms with Gasteiger partial charge in [-0.2, -0.15) is 0 Å². The van der Waals surface area contributed by atoms with E-state index < -0.39 is 0 Å². The summed E-state index contributed by atoms with van der Waals surface area (Å²) in [6.07, 6.45) is 5.41. The first-order valence-corrected chi connectivity index (χ1v) is 7.56. The molecule has 1 unspecified atom stereocenters. The molecule has 108 valence electrons. The van der Waals surface area contributed by atoms with Crippen molar-refractivity contribution in [2.45, 2.75) is 38.9 Å². The van der Waals surface area contributed by atoms with Crippen molar-refractivity contribution in [1.82, 2.24) is 0 Å². The molecule has 0 aromatic heterocycles. The molecule has 0 heterocycles. The van der Waals surface area contributed by atoms with Crippen LogP contribution in [0.15, 0.2) is 48.5 Å². The standard InChI is InChI=1S/C20H22O/c1-20(2,3)21-19-14-17-10-5-4-8-15(17)12-13-16-9-6-7-11-18(16)19/h4-13,19H,14H2,1-3H3/b13-12-. The number of rotatable bonds is 1. The number of hydrogen-bond acceptors (Lipinski definition) is 1. The summed E-state index contributed by atoms with van der Waals surface area (Å²) in [6, 6.07) is 17.1. The smallest absolute Gasteiger partial charge is 0.0878 e. The van der Waals surface area contributed by atoms with Crippen LogP contribution in [0.2, 0.25) is 0 Å². The molecule has 0 aliphatic heterocycles. The van der Waals surface area contributed by atoms with Crippen LogP contribution in [0.1, 0.15) is 49.1 Å². The molecular formula is C20H22O. The van der Waals surface area contributed by atoms with Crippen molar-refractivity contribution in [2.75, 3.05) is 0 Å². The molecule has 3 rings (SSSR count). The third-order valence-corrected chi connectivity index (χ3v) is 3.74. The molecule has 1 aliphatic rings. The van der Waals surface area contributed by atoms with Crippen LogP contribution < -0.4 is 0 Å². The predicted octanol–water partition coefficient (Wildman–Crippen LogP) is 5.27. The highest BCUT2D eigenvalue weighted by Gasteiger charge is 2.24. The number of fused-ring (bicyclic) bond motifs is 2. The summed E-state index contributed by atoms with van der Waals surface area (Å²) in [6.45, 7) is 6.36. The van der Waals surface area contributed by atoms with E-state index in [0.717, 1.165) is 6.42 Å². The molecule has 0 fully saturated rings. The summed E-state index contributed by atoms with van der Waals surface area (Å²) in [5.41, 5.74) is 5.00. The maximum absolute atomic E-state index is 6.36. The summed E-state index contributed by atoms with van der Waals surface area (Å²) in [5, 5.41) is 0. The summed E-state index contributed by atoms with van der Waals surface area (Å²) in [5.74, 6) is 0. The fraction of sp³-hybridized carbons (Fsp3) is 0.300. The molecule has 0 radical (unpaired) electrons. The number of ether oxygens (including phenoxy) is 1. The molecule has 21 heavy (non-hydrogen) atoms. The zero-order chi connectivity index (χ0) is 14.9. The first kappa shape index (κ1) is 14.1. The molecule has 0 spiro atoms. The van der Waals surface area contributed by atoms with Gasteiger partial charge in [0.15, 0.2) is 0 Å². The Morgan fingerprint density at radius 1 is 0.857 bits per heavy atom. The summed E-state index contributed by atoms with van der Waals surface area (Å²) >= 11 is 0. The van der Waals surface area contributed by atoms with E-state index in [1.165, 1.54) is 22.3 Å². The average Bonchev–Trinajstić information content (AvgIpc) is 2.43. The van der Waals surface area contributed by atoms with E-state index >= 15 is 0 Å². The Hall–Kier alpha value is -1.86. The van der Waals surface area contributed by atoms with Gasteiger partial charge in [0.25, 0.3) is 0 Å². The van der Waals surface area contributed by atoms with E-state index in [0.29, 0.717) is 0 Å². The van der Waals surface area contributed by atoms with Crippen molar-refractivity contribution in [2.24, 2.45) is 0 Å². The van der Waals surface area contributed by atoms with Crippen LogP contribution in [-0.2, 0) is 11.2 Å². The Bertz CT molecular complexity index is 662. The normalized spacial score (nSPS) is 19.1. The number of hydrogen-bond donors (Lipinski definition) is 0. The maximum atomic E-state index is 6.36. The van der Waals surface area contributed by atoms with Crippen LogP contribution in [0.5, 0.6) is 0 Å². The molecule has 1 aliphatic carbocycles. The van der Waals surface area contributed by atoms with Crippen molar-refractivity contribution in [3.8, 4) is 0 Å². The third kappa shape index (κ3) is 3.25. The van der Waals surface area contributed by atoms with E-state index in [1.54, 1.807) is 0 Å². The minimum Gasteiger partial charge on any atom is -0.368 e. The quantitative estimate of drug-likeness (QED) is 0.690. The molecule has 1 nitrogen and oxygen atoms in total. The molecule has 0 saturated heterocycles. The van der Waals surface area contributed by atoms with Gasteiger partial charge in [-0.3, -0.25) is 0 Å². The van der Waals surface area contributed by atoms with Gasteiger partial charge >= 0.3 is 0 Å². The lowest BCUT2D eigenvalue weighted by molar-refractivity contribution is -0.0614. The van der Waals surface area contributed by atoms with E-state index in [1.807, 2.05) is 0 Å². The van der Waals surface area contributed by atoms with E-state index in [4.69, 9.17) is 4.74 Å². The predicted molar refractivity (Wildman–Crippen MR) is 89.1 cm³/mol. The number of benzene rings is 2. The second-order valence-electron chi connectivity index (χ2n) is 6.58. The van der Waals surface area contributed by atoms with Crippen molar-refractivity contribution < 1.29 is 4.74 Å². The van der Waals surface area contributed by atoms with Gasteiger partial charge in [0.1, 0.15) is 0 Å². The Balaban J connectivity index is 2.09. The second-order valence-corrected chi connectivity index (χ2v) is 6.58. The Kier molecular flexibility index (Phi) is 3.69. The van der Waals surface area contributed by atoms with Crippen molar-refractivity contribution in [1.29, 1.82) is 0 Å².